The molecule has 0 aromatic rings. The Balaban J connectivity index is 0.00000364. The van der Waals surface area contributed by atoms with Crippen molar-refractivity contribution in [3.05, 3.63) is 0 Å². The number of ether oxygens (including phenoxy) is 2. The highest BCUT2D eigenvalue weighted by atomic mass is 127. The third-order valence-corrected chi connectivity index (χ3v) is 4.75. The van der Waals surface area contributed by atoms with Gasteiger partial charge in [0.2, 0.25) is 0 Å². The number of rotatable bonds is 9. The van der Waals surface area contributed by atoms with Crippen LogP contribution in [-0.4, -0.2) is 99.2 Å². The number of nitrogens with one attached hydrogen (secondary N) is 1. The molecule has 0 bridgehead atoms. The second-order valence-electron chi connectivity index (χ2n) is 7.79. The van der Waals surface area contributed by atoms with E-state index in [2.05, 4.69) is 40.9 Å². The number of morpholine rings is 1. The van der Waals surface area contributed by atoms with Gasteiger partial charge in [-0.15, -0.1) is 24.0 Å². The molecular weight excluding hydrogens is 459 g/mol. The molecule has 0 radical (unpaired) electrons. The fourth-order valence-electron chi connectivity index (χ4n) is 3.43. The Morgan fingerprint density at radius 3 is 2.67 bits per heavy atom. The number of likely N-dealkylation sites (tertiary alicyclic amines) is 1. The van der Waals surface area contributed by atoms with Gasteiger partial charge in [-0.05, 0) is 25.2 Å². The standard InChI is InChI=1S/C19H38N4O3.HI/c1-4-20-19(21-11-18(24)15-26-14-16(2)3)23-6-5-17(13-23)12-22-7-9-25-10-8-22;/h16-18,24H,4-15H2,1-3H3,(H,20,21);1H. The van der Waals surface area contributed by atoms with E-state index in [0.29, 0.717) is 31.6 Å². The van der Waals surface area contributed by atoms with Crippen LogP contribution in [0.2, 0.25) is 0 Å². The molecule has 2 fully saturated rings. The van der Waals surface area contributed by atoms with E-state index in [0.717, 1.165) is 58.4 Å². The van der Waals surface area contributed by atoms with Crippen LogP contribution in [0, 0.1) is 11.8 Å². The van der Waals surface area contributed by atoms with Gasteiger partial charge in [-0.3, -0.25) is 9.89 Å². The summed E-state index contributed by atoms with van der Waals surface area (Å²) in [7, 11) is 0. The monoisotopic (exact) mass is 498 g/mol. The first-order chi connectivity index (χ1) is 12.6. The highest BCUT2D eigenvalue weighted by Crippen LogP contribution is 2.18. The van der Waals surface area contributed by atoms with Gasteiger partial charge in [0.25, 0.3) is 0 Å². The molecule has 0 aromatic carbocycles. The Morgan fingerprint density at radius 1 is 1.26 bits per heavy atom. The average Bonchev–Trinajstić information content (AvgIpc) is 3.07. The molecule has 0 amide bonds. The number of guanidine groups is 1. The number of aliphatic hydroxyl groups is 1. The SMILES string of the molecule is CCNC(=NCC(O)COCC(C)C)N1CCC(CN2CCOCC2)C1.I. The van der Waals surface area contributed by atoms with Crippen LogP contribution in [0.3, 0.4) is 0 Å². The lowest BCUT2D eigenvalue weighted by molar-refractivity contribution is 0.0300. The first kappa shape index (κ1) is 24.9. The number of hydrogen-bond donors (Lipinski definition) is 2. The maximum absolute atomic E-state index is 10.1. The van der Waals surface area contributed by atoms with Crippen molar-refractivity contribution in [1.82, 2.24) is 15.1 Å². The zero-order chi connectivity index (χ0) is 18.8. The Bertz CT molecular complexity index is 420. The number of halogens is 1. The highest BCUT2D eigenvalue weighted by molar-refractivity contribution is 14.0. The number of aliphatic hydroxyl groups excluding tert-OH is 1. The van der Waals surface area contributed by atoms with Crippen LogP contribution in [-0.2, 0) is 9.47 Å². The van der Waals surface area contributed by atoms with E-state index in [1.807, 2.05) is 0 Å². The molecule has 0 spiro atoms. The Morgan fingerprint density at radius 2 is 2.00 bits per heavy atom. The topological polar surface area (TPSA) is 69.6 Å². The second-order valence-corrected chi connectivity index (χ2v) is 7.79. The van der Waals surface area contributed by atoms with E-state index in [-0.39, 0.29) is 24.0 Å². The summed E-state index contributed by atoms with van der Waals surface area (Å²) >= 11 is 0. The van der Waals surface area contributed by atoms with Crippen molar-refractivity contribution in [3.8, 4) is 0 Å². The molecule has 2 aliphatic heterocycles. The van der Waals surface area contributed by atoms with Gasteiger partial charge >= 0.3 is 0 Å². The summed E-state index contributed by atoms with van der Waals surface area (Å²) in [5.74, 6) is 2.08. The first-order valence-corrected chi connectivity index (χ1v) is 10.2. The number of aliphatic imine (C=N–C) groups is 1. The molecule has 2 saturated heterocycles. The maximum atomic E-state index is 10.1. The molecular formula is C19H39IN4O3. The van der Waals surface area contributed by atoms with E-state index in [1.165, 1.54) is 6.42 Å². The van der Waals surface area contributed by atoms with Gasteiger partial charge in [0, 0.05) is 45.9 Å². The minimum atomic E-state index is -0.547. The van der Waals surface area contributed by atoms with Gasteiger partial charge < -0.3 is 24.8 Å². The minimum absolute atomic E-state index is 0. The molecule has 8 heteroatoms. The zero-order valence-electron chi connectivity index (χ0n) is 17.2. The van der Waals surface area contributed by atoms with E-state index in [4.69, 9.17) is 9.47 Å². The molecule has 0 aliphatic carbocycles. The third kappa shape index (κ3) is 9.74. The Kier molecular flexibility index (Phi) is 12.8. The van der Waals surface area contributed by atoms with Crippen molar-refractivity contribution in [2.24, 2.45) is 16.8 Å². The Hall–Kier alpha value is -0.160. The molecule has 7 nitrogen and oxygen atoms in total. The Labute approximate surface area is 181 Å². The van der Waals surface area contributed by atoms with Crippen LogP contribution in [0.5, 0.6) is 0 Å². The summed E-state index contributed by atoms with van der Waals surface area (Å²) < 4.78 is 10.9. The molecule has 2 atom stereocenters. The molecule has 2 heterocycles. The van der Waals surface area contributed by atoms with E-state index in [9.17, 15) is 5.11 Å². The van der Waals surface area contributed by atoms with Gasteiger partial charge in [-0.2, -0.15) is 0 Å². The molecule has 2 aliphatic rings. The summed E-state index contributed by atoms with van der Waals surface area (Å²) in [5.41, 5.74) is 0. The van der Waals surface area contributed by atoms with Crippen LogP contribution in [0.25, 0.3) is 0 Å². The predicted molar refractivity (Wildman–Crippen MR) is 120 cm³/mol. The molecule has 2 unspecified atom stereocenters. The second kappa shape index (κ2) is 13.9. The highest BCUT2D eigenvalue weighted by Gasteiger charge is 2.27. The largest absolute Gasteiger partial charge is 0.389 e. The fourth-order valence-corrected chi connectivity index (χ4v) is 3.43. The zero-order valence-corrected chi connectivity index (χ0v) is 19.6. The van der Waals surface area contributed by atoms with E-state index < -0.39 is 6.10 Å². The first-order valence-electron chi connectivity index (χ1n) is 10.2. The smallest absolute Gasteiger partial charge is 0.194 e. The summed E-state index contributed by atoms with van der Waals surface area (Å²) in [6.45, 7) is 15.6. The minimum Gasteiger partial charge on any atom is -0.389 e. The molecule has 2 N–H and O–H groups in total. The van der Waals surface area contributed by atoms with Crippen molar-refractivity contribution in [2.75, 3.05) is 72.2 Å². The van der Waals surface area contributed by atoms with Gasteiger partial charge in [0.15, 0.2) is 5.96 Å². The van der Waals surface area contributed by atoms with Gasteiger partial charge in [-0.1, -0.05) is 13.8 Å². The molecule has 27 heavy (non-hydrogen) atoms. The van der Waals surface area contributed by atoms with Crippen molar-refractivity contribution in [2.45, 2.75) is 33.3 Å². The predicted octanol–water partition coefficient (Wildman–Crippen LogP) is 1.26. The van der Waals surface area contributed by atoms with Crippen molar-refractivity contribution < 1.29 is 14.6 Å². The summed E-state index contributed by atoms with van der Waals surface area (Å²) in [6.07, 6.45) is 0.649. The van der Waals surface area contributed by atoms with Crippen molar-refractivity contribution in [1.29, 1.82) is 0 Å². The lowest BCUT2D eigenvalue weighted by Gasteiger charge is -2.29. The van der Waals surface area contributed by atoms with Crippen LogP contribution < -0.4 is 5.32 Å². The van der Waals surface area contributed by atoms with Crippen LogP contribution >= 0.6 is 24.0 Å². The summed E-state index contributed by atoms with van der Waals surface area (Å²) in [4.78, 5) is 9.48. The van der Waals surface area contributed by atoms with Gasteiger partial charge in [-0.25, -0.2) is 0 Å². The van der Waals surface area contributed by atoms with Crippen LogP contribution in [0.15, 0.2) is 4.99 Å². The van der Waals surface area contributed by atoms with E-state index in [1.54, 1.807) is 0 Å². The van der Waals surface area contributed by atoms with E-state index >= 15 is 0 Å². The number of nitrogens with zero attached hydrogens (tertiary/aromatic N) is 3. The van der Waals surface area contributed by atoms with Gasteiger partial charge in [0.05, 0.1) is 32.5 Å². The average molecular weight is 498 g/mol. The molecule has 2 rings (SSSR count). The molecule has 0 aromatic heterocycles. The maximum Gasteiger partial charge on any atom is 0.194 e. The molecule has 160 valence electrons. The third-order valence-electron chi connectivity index (χ3n) is 4.75. The van der Waals surface area contributed by atoms with Crippen molar-refractivity contribution >= 4 is 29.9 Å². The summed E-state index contributed by atoms with van der Waals surface area (Å²) in [5, 5.41) is 13.5. The fraction of sp³-hybridized carbons (Fsp3) is 0.947. The van der Waals surface area contributed by atoms with Crippen LogP contribution in [0.1, 0.15) is 27.2 Å². The quantitative estimate of drug-likeness (QED) is 0.284. The number of hydrogen-bond acceptors (Lipinski definition) is 5. The normalized spacial score (nSPS) is 22.8. The summed E-state index contributed by atoms with van der Waals surface area (Å²) in [6, 6.07) is 0. The lowest BCUT2D eigenvalue weighted by atomic mass is 10.1. The van der Waals surface area contributed by atoms with Gasteiger partial charge in [0.1, 0.15) is 0 Å². The molecule has 0 saturated carbocycles. The lowest BCUT2D eigenvalue weighted by Crippen LogP contribution is -2.42. The van der Waals surface area contributed by atoms with Crippen LogP contribution in [0.4, 0.5) is 0 Å². The van der Waals surface area contributed by atoms with Crippen molar-refractivity contribution in [3.63, 3.8) is 0 Å².